The van der Waals surface area contributed by atoms with Gasteiger partial charge in [0.25, 0.3) is 0 Å². The zero-order chi connectivity index (χ0) is 18.4. The van der Waals surface area contributed by atoms with E-state index in [1.807, 2.05) is 0 Å². The van der Waals surface area contributed by atoms with Crippen molar-refractivity contribution in [2.75, 3.05) is 0 Å². The first kappa shape index (κ1) is 17.8. The molecule has 0 spiro atoms. The molecule has 2 atom stereocenters. The fourth-order valence-corrected chi connectivity index (χ4v) is 2.30. The van der Waals surface area contributed by atoms with Gasteiger partial charge in [0, 0.05) is 6.07 Å². The number of allylic oxidation sites excluding steroid dienone is 4. The lowest BCUT2D eigenvalue weighted by atomic mass is 9.71. The third-order valence-electron chi connectivity index (χ3n) is 3.50. The highest BCUT2D eigenvalue weighted by atomic mass is 19.2. The highest BCUT2D eigenvalue weighted by Gasteiger charge is 2.57. The summed E-state index contributed by atoms with van der Waals surface area (Å²) in [6, 6.07) is -0.330. The first-order chi connectivity index (χ1) is 11.1. The molecule has 0 fully saturated rings. The minimum Gasteiger partial charge on any atom is -0.302 e. The van der Waals surface area contributed by atoms with E-state index in [2.05, 4.69) is 0 Å². The summed E-state index contributed by atoms with van der Waals surface area (Å²) < 4.78 is 110. The van der Waals surface area contributed by atoms with Gasteiger partial charge in [0.2, 0.25) is 0 Å². The molecule has 1 aliphatic carbocycles. The van der Waals surface area contributed by atoms with Crippen molar-refractivity contribution in [2.24, 2.45) is 0 Å². The Morgan fingerprint density at radius 2 is 1.42 bits per heavy atom. The molecular formula is C14H4F8O2. The van der Waals surface area contributed by atoms with Crippen LogP contribution in [0.1, 0.15) is 5.56 Å². The predicted molar refractivity (Wildman–Crippen MR) is 62.4 cm³/mol. The molecular weight excluding hydrogens is 352 g/mol. The number of rotatable bonds is 3. The molecule has 128 valence electrons. The Balaban J connectivity index is 2.98. The van der Waals surface area contributed by atoms with Gasteiger partial charge in [-0.2, -0.15) is 0 Å². The van der Waals surface area contributed by atoms with Crippen LogP contribution in [0.4, 0.5) is 35.1 Å². The van der Waals surface area contributed by atoms with Crippen LogP contribution in [0.2, 0.25) is 0 Å². The average Bonchev–Trinajstić information content (AvgIpc) is 2.55. The summed E-state index contributed by atoms with van der Waals surface area (Å²) in [7, 11) is 0. The Bertz CT molecular complexity index is 787. The van der Waals surface area contributed by atoms with Crippen molar-refractivity contribution in [3.63, 3.8) is 0 Å². The van der Waals surface area contributed by atoms with Gasteiger partial charge in [0.15, 0.2) is 47.4 Å². The van der Waals surface area contributed by atoms with E-state index >= 15 is 0 Å². The molecule has 0 aromatic heterocycles. The van der Waals surface area contributed by atoms with E-state index in [1.165, 1.54) is 0 Å². The second-order valence-electron chi connectivity index (χ2n) is 4.70. The molecule has 24 heavy (non-hydrogen) atoms. The summed E-state index contributed by atoms with van der Waals surface area (Å²) in [6.45, 7) is 0. The maximum Gasteiger partial charge on any atom is 0.175 e. The molecule has 0 aliphatic heterocycles. The largest absolute Gasteiger partial charge is 0.302 e. The lowest BCUT2D eigenvalue weighted by molar-refractivity contribution is -0.114. The summed E-state index contributed by atoms with van der Waals surface area (Å²) in [6.07, 6.45) is -5.21. The first-order valence-corrected chi connectivity index (χ1v) is 5.99. The topological polar surface area (TPSA) is 34.1 Å². The smallest absolute Gasteiger partial charge is 0.175 e. The van der Waals surface area contributed by atoms with Gasteiger partial charge >= 0.3 is 0 Å². The second kappa shape index (κ2) is 5.84. The Labute approximate surface area is 128 Å². The van der Waals surface area contributed by atoms with Crippen LogP contribution in [0.15, 0.2) is 29.1 Å². The van der Waals surface area contributed by atoms with E-state index in [0.29, 0.717) is 0 Å². The van der Waals surface area contributed by atoms with Crippen LogP contribution in [0, 0.1) is 23.3 Å². The number of alkyl halides is 1. The summed E-state index contributed by atoms with van der Waals surface area (Å²) in [5.41, 5.74) is -7.98. The number of carbonyl (C=O) groups is 2. The fraction of sp³-hybridized carbons (Fsp3) is 0.143. The van der Waals surface area contributed by atoms with Crippen molar-refractivity contribution in [1.29, 1.82) is 0 Å². The molecule has 10 heteroatoms. The van der Waals surface area contributed by atoms with Crippen LogP contribution in [-0.4, -0.2) is 18.7 Å². The molecule has 1 aliphatic rings. The van der Waals surface area contributed by atoms with Crippen LogP contribution >= 0.6 is 0 Å². The van der Waals surface area contributed by atoms with Gasteiger partial charge in [-0.25, -0.2) is 35.1 Å². The quantitative estimate of drug-likeness (QED) is 0.471. The van der Waals surface area contributed by atoms with Crippen LogP contribution in [0.5, 0.6) is 0 Å². The third-order valence-corrected chi connectivity index (χ3v) is 3.50. The molecule has 2 unspecified atom stereocenters. The van der Waals surface area contributed by atoms with Crippen molar-refractivity contribution in [3.05, 3.63) is 58.0 Å². The van der Waals surface area contributed by atoms with Gasteiger partial charge in [-0.1, -0.05) is 0 Å². The molecule has 0 saturated carbocycles. The molecule has 1 aromatic carbocycles. The van der Waals surface area contributed by atoms with Gasteiger partial charge in [0.05, 0.1) is 11.1 Å². The van der Waals surface area contributed by atoms with E-state index in [9.17, 15) is 44.7 Å². The Hall–Kier alpha value is -2.52. The third kappa shape index (κ3) is 2.09. The summed E-state index contributed by atoms with van der Waals surface area (Å²) in [5, 5.41) is 0. The van der Waals surface area contributed by atoms with Crippen molar-refractivity contribution in [3.8, 4) is 0 Å². The van der Waals surface area contributed by atoms with Gasteiger partial charge in [0.1, 0.15) is 17.5 Å². The van der Waals surface area contributed by atoms with Crippen LogP contribution in [-0.2, 0) is 15.0 Å². The molecule has 1 aromatic rings. The predicted octanol–water partition coefficient (Wildman–Crippen LogP) is 3.60. The lowest BCUT2D eigenvalue weighted by Gasteiger charge is -2.33. The first-order valence-electron chi connectivity index (χ1n) is 5.99. The summed E-state index contributed by atoms with van der Waals surface area (Å²) >= 11 is 0. The number of hydrogen-bond donors (Lipinski definition) is 0. The van der Waals surface area contributed by atoms with Crippen molar-refractivity contribution >= 4 is 12.6 Å². The summed E-state index contributed by atoms with van der Waals surface area (Å²) in [5.74, 6) is -16.5. The minimum absolute atomic E-state index is 0.330. The standard InChI is InChI=1S/C14H4F8O2/c15-5-1-6(16)11(20)7(10(5)19)14(3-24)12(21)8(17)4(2-23)9(18)13(14)22/h1-3,12H. The molecule has 2 nitrogen and oxygen atoms in total. The normalized spacial score (nSPS) is 24.4. The van der Waals surface area contributed by atoms with Gasteiger partial charge in [-0.05, 0) is 0 Å². The summed E-state index contributed by atoms with van der Waals surface area (Å²) in [4.78, 5) is 21.7. The number of aldehydes is 2. The second-order valence-corrected chi connectivity index (χ2v) is 4.70. The fourth-order valence-electron chi connectivity index (χ4n) is 2.30. The van der Waals surface area contributed by atoms with E-state index in [-0.39, 0.29) is 6.07 Å². The highest BCUT2D eigenvalue weighted by Crippen LogP contribution is 2.49. The maximum atomic E-state index is 14.2. The molecule has 0 radical (unpaired) electrons. The SMILES string of the molecule is O=CC1=C(F)C(F)C(C=O)(c2c(F)c(F)cc(F)c2F)C(F)=C1F. The van der Waals surface area contributed by atoms with E-state index in [1.54, 1.807) is 0 Å². The zero-order valence-corrected chi connectivity index (χ0v) is 11.1. The highest BCUT2D eigenvalue weighted by molar-refractivity contribution is 5.86. The van der Waals surface area contributed by atoms with E-state index in [4.69, 9.17) is 0 Å². The van der Waals surface area contributed by atoms with Crippen molar-refractivity contribution in [2.45, 2.75) is 11.6 Å². The Kier molecular flexibility index (Phi) is 4.34. The number of hydrogen-bond acceptors (Lipinski definition) is 2. The molecule has 0 amide bonds. The van der Waals surface area contributed by atoms with Crippen LogP contribution in [0.3, 0.4) is 0 Å². The van der Waals surface area contributed by atoms with Crippen LogP contribution < -0.4 is 0 Å². The minimum atomic E-state index is -4.02. The zero-order valence-electron chi connectivity index (χ0n) is 11.1. The van der Waals surface area contributed by atoms with Crippen LogP contribution in [0.25, 0.3) is 0 Å². The Morgan fingerprint density at radius 3 is 1.83 bits per heavy atom. The monoisotopic (exact) mass is 356 g/mol. The van der Waals surface area contributed by atoms with Crippen molar-refractivity contribution in [1.82, 2.24) is 0 Å². The van der Waals surface area contributed by atoms with E-state index < -0.39 is 76.0 Å². The maximum absolute atomic E-state index is 14.2. The van der Waals surface area contributed by atoms with Crippen molar-refractivity contribution < 1.29 is 44.7 Å². The molecule has 0 bridgehead atoms. The van der Waals surface area contributed by atoms with Gasteiger partial charge in [-0.3, -0.25) is 4.79 Å². The molecule has 0 heterocycles. The van der Waals surface area contributed by atoms with Gasteiger partial charge < -0.3 is 4.79 Å². The lowest BCUT2D eigenvalue weighted by Crippen LogP contribution is -2.45. The molecule has 2 rings (SSSR count). The molecule has 0 saturated heterocycles. The number of benzene rings is 1. The number of carbonyl (C=O) groups excluding carboxylic acids is 2. The number of halogens is 8. The van der Waals surface area contributed by atoms with E-state index in [0.717, 1.165) is 0 Å². The van der Waals surface area contributed by atoms with Gasteiger partial charge in [-0.15, -0.1) is 0 Å². The molecule has 0 N–H and O–H groups in total. The average molecular weight is 356 g/mol. The Morgan fingerprint density at radius 1 is 0.917 bits per heavy atom.